The van der Waals surface area contributed by atoms with Crippen LogP contribution in [0.1, 0.15) is 43.4 Å². The van der Waals surface area contributed by atoms with Gasteiger partial charge in [-0.3, -0.25) is 4.79 Å². The zero-order chi connectivity index (χ0) is 14.3. The molecule has 0 atom stereocenters. The number of nitrogens with one attached hydrogen (secondary N) is 1. The van der Waals surface area contributed by atoms with E-state index in [1.54, 1.807) is 6.08 Å². The molecule has 0 aliphatic rings. The molecule has 0 aromatic heterocycles. The Morgan fingerprint density at radius 2 is 1.95 bits per heavy atom. The largest absolute Gasteiger partial charge is 0.352 e. The van der Waals surface area contributed by atoms with Gasteiger partial charge in [0.1, 0.15) is 0 Å². The lowest BCUT2D eigenvalue weighted by atomic mass is 10.0. The fourth-order valence-corrected chi connectivity index (χ4v) is 2.06. The second-order valence-electron chi connectivity index (χ2n) is 5.12. The summed E-state index contributed by atoms with van der Waals surface area (Å²) >= 11 is 0. The van der Waals surface area contributed by atoms with E-state index in [4.69, 9.17) is 0 Å². The lowest BCUT2D eigenvalue weighted by molar-refractivity contribution is -0.116. The van der Waals surface area contributed by atoms with Gasteiger partial charge in [0.05, 0.1) is 0 Å². The van der Waals surface area contributed by atoms with E-state index in [2.05, 4.69) is 51.2 Å². The van der Waals surface area contributed by atoms with Crippen molar-refractivity contribution < 1.29 is 4.79 Å². The van der Waals surface area contributed by atoms with E-state index >= 15 is 0 Å². The number of hydrogen-bond donors (Lipinski definition) is 1. The molecule has 0 fully saturated rings. The van der Waals surface area contributed by atoms with Crippen molar-refractivity contribution in [3.05, 3.63) is 41.0 Å². The summed E-state index contributed by atoms with van der Waals surface area (Å²) in [6, 6.07) is 6.24. The Hall–Kier alpha value is -1.57. The Labute approximate surface area is 116 Å². The SMILES string of the molecule is CCC(CC)CNC(=O)/C=C/c1ccc(C)cc1C. The molecule has 1 amide bonds. The van der Waals surface area contributed by atoms with Crippen molar-refractivity contribution in [2.75, 3.05) is 6.54 Å². The van der Waals surface area contributed by atoms with Crippen molar-refractivity contribution in [3.63, 3.8) is 0 Å². The Bertz CT molecular complexity index is 445. The van der Waals surface area contributed by atoms with E-state index in [9.17, 15) is 4.79 Å². The van der Waals surface area contributed by atoms with Gasteiger partial charge in [-0.2, -0.15) is 0 Å². The van der Waals surface area contributed by atoms with Gasteiger partial charge >= 0.3 is 0 Å². The fraction of sp³-hybridized carbons (Fsp3) is 0.471. The molecule has 1 aromatic rings. The third-order valence-electron chi connectivity index (χ3n) is 3.56. The normalized spacial score (nSPS) is 11.2. The van der Waals surface area contributed by atoms with Gasteiger partial charge in [0.2, 0.25) is 5.91 Å². The zero-order valence-electron chi connectivity index (χ0n) is 12.5. The Balaban J connectivity index is 2.54. The first kappa shape index (κ1) is 15.5. The summed E-state index contributed by atoms with van der Waals surface area (Å²) in [6.07, 6.45) is 5.73. The molecular weight excluding hydrogens is 234 g/mol. The highest BCUT2D eigenvalue weighted by atomic mass is 16.1. The molecule has 104 valence electrons. The molecule has 1 aromatic carbocycles. The predicted molar refractivity (Wildman–Crippen MR) is 82.0 cm³/mol. The van der Waals surface area contributed by atoms with Gasteiger partial charge in [0.15, 0.2) is 0 Å². The van der Waals surface area contributed by atoms with E-state index in [1.807, 2.05) is 6.08 Å². The third kappa shape index (κ3) is 5.29. The van der Waals surface area contributed by atoms with Gasteiger partial charge in [-0.05, 0) is 37.0 Å². The van der Waals surface area contributed by atoms with Gasteiger partial charge < -0.3 is 5.32 Å². The number of benzene rings is 1. The molecule has 0 aliphatic carbocycles. The summed E-state index contributed by atoms with van der Waals surface area (Å²) < 4.78 is 0. The first-order chi connectivity index (χ1) is 9.06. The second kappa shape index (κ2) is 7.78. The number of carbonyl (C=O) groups excluding carboxylic acids is 1. The van der Waals surface area contributed by atoms with Crippen LogP contribution >= 0.6 is 0 Å². The predicted octanol–water partition coefficient (Wildman–Crippen LogP) is 3.87. The molecule has 19 heavy (non-hydrogen) atoms. The minimum atomic E-state index is -0.00752. The third-order valence-corrected chi connectivity index (χ3v) is 3.56. The van der Waals surface area contributed by atoms with E-state index in [0.29, 0.717) is 5.92 Å². The maximum absolute atomic E-state index is 11.7. The summed E-state index contributed by atoms with van der Waals surface area (Å²) in [5, 5.41) is 2.96. The molecule has 2 nitrogen and oxygen atoms in total. The standard InChI is InChI=1S/C17H25NO/c1-5-15(6-2)12-18-17(19)10-9-16-8-7-13(3)11-14(16)4/h7-11,15H,5-6,12H2,1-4H3,(H,18,19)/b10-9+. The van der Waals surface area contributed by atoms with Crippen LogP contribution in [0.3, 0.4) is 0 Å². The molecule has 1 N–H and O–H groups in total. The van der Waals surface area contributed by atoms with Crippen LogP contribution in [-0.4, -0.2) is 12.5 Å². The van der Waals surface area contributed by atoms with Gasteiger partial charge in [-0.25, -0.2) is 0 Å². The van der Waals surface area contributed by atoms with Crippen LogP contribution in [0.25, 0.3) is 6.08 Å². The van der Waals surface area contributed by atoms with E-state index in [-0.39, 0.29) is 5.91 Å². The summed E-state index contributed by atoms with van der Waals surface area (Å²) in [5.41, 5.74) is 3.54. The molecular formula is C17H25NO. The number of carbonyl (C=O) groups is 1. The Kier molecular flexibility index (Phi) is 6.34. The van der Waals surface area contributed by atoms with Crippen molar-refractivity contribution >= 4 is 12.0 Å². The minimum Gasteiger partial charge on any atom is -0.352 e. The van der Waals surface area contributed by atoms with Gasteiger partial charge in [-0.1, -0.05) is 50.5 Å². The summed E-state index contributed by atoms with van der Waals surface area (Å²) in [6.45, 7) is 9.22. The monoisotopic (exact) mass is 259 g/mol. The summed E-state index contributed by atoms with van der Waals surface area (Å²) in [4.78, 5) is 11.7. The van der Waals surface area contributed by atoms with Crippen LogP contribution in [-0.2, 0) is 4.79 Å². The van der Waals surface area contributed by atoms with Crippen LogP contribution < -0.4 is 5.32 Å². The van der Waals surface area contributed by atoms with E-state index in [0.717, 1.165) is 24.9 Å². The molecule has 1 rings (SSSR count). The van der Waals surface area contributed by atoms with Gasteiger partial charge in [0, 0.05) is 12.6 Å². The number of aryl methyl sites for hydroxylation is 2. The van der Waals surface area contributed by atoms with Crippen molar-refractivity contribution in [1.82, 2.24) is 5.32 Å². The molecule has 0 saturated heterocycles. The average Bonchev–Trinajstić information content (AvgIpc) is 2.39. The maximum atomic E-state index is 11.7. The highest BCUT2D eigenvalue weighted by molar-refractivity contribution is 5.91. The van der Waals surface area contributed by atoms with Crippen molar-refractivity contribution in [2.45, 2.75) is 40.5 Å². The molecule has 0 saturated carbocycles. The smallest absolute Gasteiger partial charge is 0.244 e. The number of hydrogen-bond acceptors (Lipinski definition) is 1. The lowest BCUT2D eigenvalue weighted by Crippen LogP contribution is -2.27. The molecule has 0 heterocycles. The first-order valence-electron chi connectivity index (χ1n) is 7.10. The summed E-state index contributed by atoms with van der Waals surface area (Å²) in [5.74, 6) is 0.574. The van der Waals surface area contributed by atoms with E-state index in [1.165, 1.54) is 11.1 Å². The molecule has 0 aliphatic heterocycles. The van der Waals surface area contributed by atoms with E-state index < -0.39 is 0 Å². The van der Waals surface area contributed by atoms with Crippen LogP contribution in [0.15, 0.2) is 24.3 Å². The van der Waals surface area contributed by atoms with Gasteiger partial charge in [-0.15, -0.1) is 0 Å². The van der Waals surface area contributed by atoms with Crippen molar-refractivity contribution in [2.24, 2.45) is 5.92 Å². The quantitative estimate of drug-likeness (QED) is 0.772. The maximum Gasteiger partial charge on any atom is 0.244 e. The molecule has 2 heteroatoms. The average molecular weight is 259 g/mol. The molecule has 0 bridgehead atoms. The van der Waals surface area contributed by atoms with Crippen LogP contribution in [0.5, 0.6) is 0 Å². The number of rotatable bonds is 6. The fourth-order valence-electron chi connectivity index (χ4n) is 2.06. The van der Waals surface area contributed by atoms with Crippen molar-refractivity contribution in [3.8, 4) is 0 Å². The second-order valence-corrected chi connectivity index (χ2v) is 5.12. The first-order valence-corrected chi connectivity index (χ1v) is 7.10. The van der Waals surface area contributed by atoms with Crippen LogP contribution in [0.2, 0.25) is 0 Å². The van der Waals surface area contributed by atoms with Gasteiger partial charge in [0.25, 0.3) is 0 Å². The minimum absolute atomic E-state index is 0.00752. The zero-order valence-corrected chi connectivity index (χ0v) is 12.5. The lowest BCUT2D eigenvalue weighted by Gasteiger charge is -2.11. The molecule has 0 spiro atoms. The van der Waals surface area contributed by atoms with Crippen molar-refractivity contribution in [1.29, 1.82) is 0 Å². The Morgan fingerprint density at radius 3 is 2.53 bits per heavy atom. The topological polar surface area (TPSA) is 29.1 Å². The number of amides is 1. The highest BCUT2D eigenvalue weighted by Crippen LogP contribution is 2.12. The molecule has 0 radical (unpaired) electrons. The Morgan fingerprint density at radius 1 is 1.26 bits per heavy atom. The van der Waals surface area contributed by atoms with Crippen LogP contribution in [0, 0.1) is 19.8 Å². The summed E-state index contributed by atoms with van der Waals surface area (Å²) in [7, 11) is 0. The molecule has 0 unspecified atom stereocenters. The highest BCUT2D eigenvalue weighted by Gasteiger charge is 2.04. The van der Waals surface area contributed by atoms with Crippen LogP contribution in [0.4, 0.5) is 0 Å².